The third-order valence-electron chi connectivity index (χ3n) is 9.51. The summed E-state index contributed by atoms with van der Waals surface area (Å²) >= 11 is 0. The summed E-state index contributed by atoms with van der Waals surface area (Å²) in [5.74, 6) is -1.19. The van der Waals surface area contributed by atoms with E-state index in [0.29, 0.717) is 19.3 Å². The van der Waals surface area contributed by atoms with Gasteiger partial charge in [0.1, 0.15) is 6.67 Å². The smallest absolute Gasteiger partial charge is 0.178 e. The van der Waals surface area contributed by atoms with Crippen molar-refractivity contribution >= 4 is 11.6 Å². The molecule has 0 aromatic carbocycles. The van der Waals surface area contributed by atoms with E-state index < -0.39 is 46.4 Å². The molecule has 2 unspecified atom stereocenters. The van der Waals surface area contributed by atoms with Crippen LogP contribution in [0.15, 0.2) is 23.8 Å². The van der Waals surface area contributed by atoms with Crippen LogP contribution < -0.4 is 0 Å². The van der Waals surface area contributed by atoms with E-state index in [1.54, 1.807) is 13.0 Å². The molecule has 154 valence electrons. The highest BCUT2D eigenvalue weighted by Crippen LogP contribution is 2.72. The van der Waals surface area contributed by atoms with Gasteiger partial charge in [0.25, 0.3) is 0 Å². The Morgan fingerprint density at radius 1 is 1.29 bits per heavy atom. The zero-order valence-electron chi connectivity index (χ0n) is 17.1. The van der Waals surface area contributed by atoms with Gasteiger partial charge in [-0.25, -0.2) is 8.78 Å². The topological polar surface area (TPSA) is 54.4 Å². The number of hydrogen-bond donors (Lipinski definition) is 1. The second-order valence-electron chi connectivity index (χ2n) is 10.2. The second-order valence-corrected chi connectivity index (χ2v) is 10.2. The highest BCUT2D eigenvalue weighted by atomic mass is 19.1. The van der Waals surface area contributed by atoms with E-state index in [0.717, 1.165) is 5.57 Å². The molecule has 8 atom stereocenters. The normalized spacial score (nSPS) is 52.5. The summed E-state index contributed by atoms with van der Waals surface area (Å²) in [6.45, 7) is 6.47. The Kier molecular flexibility index (Phi) is 4.16. The molecule has 28 heavy (non-hydrogen) atoms. The van der Waals surface area contributed by atoms with E-state index >= 15 is 4.39 Å². The molecule has 4 aliphatic carbocycles. The molecule has 1 N–H and O–H groups in total. The number of hydrogen-bond acceptors (Lipinski definition) is 3. The van der Waals surface area contributed by atoms with Gasteiger partial charge in [0.2, 0.25) is 0 Å². The summed E-state index contributed by atoms with van der Waals surface area (Å²) in [6, 6.07) is 0. The minimum absolute atomic E-state index is 0.0754. The summed E-state index contributed by atoms with van der Waals surface area (Å²) in [4.78, 5) is 24.5. The molecular weight excluding hydrogens is 362 g/mol. The summed E-state index contributed by atoms with van der Waals surface area (Å²) in [5.41, 5.74) is -3.75. The lowest BCUT2D eigenvalue weighted by atomic mass is 9.43. The number of carbonyl (C=O) groups excluding carboxylic acids is 2. The van der Waals surface area contributed by atoms with Crippen LogP contribution >= 0.6 is 0 Å². The highest BCUT2D eigenvalue weighted by molar-refractivity contribution is 6.01. The van der Waals surface area contributed by atoms with E-state index in [2.05, 4.69) is 0 Å². The number of halogens is 2. The first-order valence-corrected chi connectivity index (χ1v) is 10.4. The molecule has 0 aliphatic heterocycles. The largest absolute Gasteiger partial charge is 0.390 e. The number of aliphatic hydroxyl groups excluding tert-OH is 1. The third kappa shape index (κ3) is 2.02. The molecule has 3 saturated carbocycles. The number of aliphatic hydroxyl groups is 1. The van der Waals surface area contributed by atoms with Gasteiger partial charge in [-0.3, -0.25) is 9.59 Å². The Balaban J connectivity index is 1.84. The molecule has 0 heterocycles. The molecule has 3 fully saturated rings. The molecule has 0 bridgehead atoms. The molecule has 0 radical (unpaired) electrons. The number of alkyl halides is 2. The number of ketones is 2. The van der Waals surface area contributed by atoms with Crippen LogP contribution in [0.5, 0.6) is 0 Å². The van der Waals surface area contributed by atoms with Crippen LogP contribution in [-0.4, -0.2) is 35.1 Å². The van der Waals surface area contributed by atoms with Crippen molar-refractivity contribution in [3.8, 4) is 0 Å². The minimum atomic E-state index is -1.90. The number of Topliss-reactive ketones (excluding diaryl/α,β-unsaturated/α-hetero) is 1. The zero-order chi connectivity index (χ0) is 20.7. The number of rotatable bonds is 2. The molecule has 4 rings (SSSR count). The fourth-order valence-corrected chi connectivity index (χ4v) is 7.50. The van der Waals surface area contributed by atoms with Crippen LogP contribution in [0, 0.1) is 34.0 Å². The first kappa shape index (κ1) is 19.9. The zero-order valence-corrected chi connectivity index (χ0v) is 17.1. The molecule has 0 aromatic rings. The van der Waals surface area contributed by atoms with Crippen molar-refractivity contribution in [3.63, 3.8) is 0 Å². The lowest BCUT2D eigenvalue weighted by Gasteiger charge is -2.63. The second kappa shape index (κ2) is 5.84. The summed E-state index contributed by atoms with van der Waals surface area (Å²) < 4.78 is 30.4. The average molecular weight is 392 g/mol. The number of fused-ring (bicyclic) bond motifs is 5. The van der Waals surface area contributed by atoms with Gasteiger partial charge in [-0.05, 0) is 62.0 Å². The Hall–Kier alpha value is -1.36. The molecule has 0 amide bonds. The first-order chi connectivity index (χ1) is 13.0. The van der Waals surface area contributed by atoms with Crippen LogP contribution in [0.2, 0.25) is 0 Å². The first-order valence-electron chi connectivity index (χ1n) is 10.4. The molecular formula is C23H30F2O3. The average Bonchev–Trinajstić information content (AvgIpc) is 2.84. The summed E-state index contributed by atoms with van der Waals surface area (Å²) in [5, 5.41) is 11.2. The van der Waals surface area contributed by atoms with Gasteiger partial charge in [0.15, 0.2) is 17.2 Å². The van der Waals surface area contributed by atoms with E-state index in [1.807, 2.05) is 20.8 Å². The molecule has 3 nitrogen and oxygen atoms in total. The van der Waals surface area contributed by atoms with Crippen LogP contribution in [0.4, 0.5) is 8.78 Å². The van der Waals surface area contributed by atoms with Gasteiger partial charge in [0.05, 0.1) is 6.10 Å². The van der Waals surface area contributed by atoms with Crippen LogP contribution in [0.25, 0.3) is 0 Å². The lowest BCUT2D eigenvalue weighted by molar-refractivity contribution is -0.205. The van der Waals surface area contributed by atoms with Gasteiger partial charge >= 0.3 is 0 Å². The Labute approximate surface area is 165 Å². The molecule has 0 spiro atoms. The molecule has 4 aliphatic rings. The van der Waals surface area contributed by atoms with E-state index in [4.69, 9.17) is 0 Å². The van der Waals surface area contributed by atoms with Crippen molar-refractivity contribution in [2.45, 2.75) is 65.2 Å². The van der Waals surface area contributed by atoms with E-state index in [-0.39, 0.29) is 24.0 Å². The van der Waals surface area contributed by atoms with E-state index in [9.17, 15) is 19.1 Å². The lowest BCUT2D eigenvalue weighted by Crippen LogP contribution is -2.67. The Bertz CT molecular complexity index is 804. The van der Waals surface area contributed by atoms with Crippen molar-refractivity contribution in [1.82, 2.24) is 0 Å². The van der Waals surface area contributed by atoms with Crippen LogP contribution in [0.1, 0.15) is 53.4 Å². The van der Waals surface area contributed by atoms with Gasteiger partial charge < -0.3 is 5.11 Å². The predicted molar refractivity (Wildman–Crippen MR) is 102 cm³/mol. The highest BCUT2D eigenvalue weighted by Gasteiger charge is 2.74. The van der Waals surface area contributed by atoms with Crippen molar-refractivity contribution in [1.29, 1.82) is 0 Å². The van der Waals surface area contributed by atoms with E-state index in [1.165, 1.54) is 12.2 Å². The molecule has 5 heteroatoms. The Morgan fingerprint density at radius 3 is 2.61 bits per heavy atom. The van der Waals surface area contributed by atoms with Gasteiger partial charge in [-0.1, -0.05) is 32.4 Å². The summed E-state index contributed by atoms with van der Waals surface area (Å²) in [7, 11) is 0. The maximum absolute atomic E-state index is 16.9. The van der Waals surface area contributed by atoms with Gasteiger partial charge in [-0.2, -0.15) is 0 Å². The monoisotopic (exact) mass is 392 g/mol. The van der Waals surface area contributed by atoms with Crippen molar-refractivity contribution in [2.24, 2.45) is 34.0 Å². The van der Waals surface area contributed by atoms with Crippen molar-refractivity contribution < 1.29 is 23.5 Å². The third-order valence-corrected chi connectivity index (χ3v) is 9.51. The van der Waals surface area contributed by atoms with Gasteiger partial charge in [0, 0.05) is 16.7 Å². The molecule has 0 aromatic heterocycles. The Morgan fingerprint density at radius 2 is 1.96 bits per heavy atom. The van der Waals surface area contributed by atoms with Gasteiger partial charge in [-0.15, -0.1) is 0 Å². The minimum Gasteiger partial charge on any atom is -0.390 e. The quantitative estimate of drug-likeness (QED) is 0.768. The van der Waals surface area contributed by atoms with Crippen molar-refractivity contribution in [3.05, 3.63) is 23.8 Å². The SMILES string of the molecule is CC1C[C@H]2[C@@H]3CCC4=CC(=O)C=C[C@]4(C)[C@@]3(F)C(O)C[C@]2(C)[C@@]1(C)C(=O)CF. The fraction of sp³-hybridized carbons (Fsp3) is 0.739. The van der Waals surface area contributed by atoms with Crippen LogP contribution in [-0.2, 0) is 9.59 Å². The predicted octanol–water partition coefficient (Wildman–Crippen LogP) is 4.15. The number of allylic oxidation sites excluding steroid dienone is 4. The maximum atomic E-state index is 16.9. The fourth-order valence-electron chi connectivity index (χ4n) is 7.50. The van der Waals surface area contributed by atoms with Crippen LogP contribution in [0.3, 0.4) is 0 Å². The molecule has 0 saturated heterocycles. The van der Waals surface area contributed by atoms with Crippen molar-refractivity contribution in [2.75, 3.05) is 6.67 Å². The summed E-state index contributed by atoms with van der Waals surface area (Å²) in [6.07, 6.45) is 5.19. The maximum Gasteiger partial charge on any atom is 0.178 e. The number of carbonyl (C=O) groups is 2. The standard InChI is InChI=1S/C23H30F2O3/c1-13-9-17-16-6-5-14-10-15(26)7-8-20(14,2)23(16,25)18(27)11-21(17,3)22(13,4)19(28)12-24/h7-8,10,13,16-18,27H,5-6,9,11-12H2,1-4H3/t13?,16-,17-,18?,20-,21-,22+,23-/m0/s1.